The molecule has 16 heavy (non-hydrogen) atoms. The van der Waals surface area contributed by atoms with Crippen molar-refractivity contribution in [2.75, 3.05) is 0 Å². The predicted octanol–water partition coefficient (Wildman–Crippen LogP) is 3.41. The number of carboxylic acids is 1. The van der Waals surface area contributed by atoms with Gasteiger partial charge >= 0.3 is 5.97 Å². The quantitative estimate of drug-likeness (QED) is 0.894. The number of hydrogen-bond donors (Lipinski definition) is 1. The third-order valence-electron chi connectivity index (χ3n) is 2.59. The molecule has 0 amide bonds. The van der Waals surface area contributed by atoms with Crippen LogP contribution in [0, 0.1) is 6.92 Å². The molecule has 0 atom stereocenters. The second-order valence-electron chi connectivity index (χ2n) is 3.50. The summed E-state index contributed by atoms with van der Waals surface area (Å²) in [5.74, 6) is -0.901. The highest BCUT2D eigenvalue weighted by Crippen LogP contribution is 2.33. The molecule has 0 radical (unpaired) electrons. The van der Waals surface area contributed by atoms with Crippen LogP contribution in [0.2, 0.25) is 4.34 Å². The molecular weight excluding hydrogens is 246 g/mol. The lowest BCUT2D eigenvalue weighted by atomic mass is 10.2. The third-order valence-corrected chi connectivity index (χ3v) is 3.85. The number of halogens is 1. The lowest BCUT2D eigenvalue weighted by molar-refractivity contribution is 0.0696. The first-order chi connectivity index (χ1) is 7.50. The highest BCUT2D eigenvalue weighted by atomic mass is 35.5. The zero-order valence-electron chi connectivity index (χ0n) is 8.82. The van der Waals surface area contributed by atoms with Gasteiger partial charge in [0, 0.05) is 12.7 Å². The Balaban J connectivity index is 2.58. The van der Waals surface area contributed by atoms with Crippen molar-refractivity contribution in [2.45, 2.75) is 6.92 Å². The van der Waals surface area contributed by atoms with Gasteiger partial charge in [-0.15, -0.1) is 11.3 Å². The van der Waals surface area contributed by atoms with Gasteiger partial charge in [-0.25, -0.2) is 4.79 Å². The van der Waals surface area contributed by atoms with Gasteiger partial charge in [0.1, 0.15) is 0 Å². The SMILES string of the molecule is Cc1c(C(=O)O)cc(-c2ccc(Cl)s2)n1C. The van der Waals surface area contributed by atoms with Crippen molar-refractivity contribution in [2.24, 2.45) is 7.05 Å². The summed E-state index contributed by atoms with van der Waals surface area (Å²) < 4.78 is 2.57. The number of rotatable bonds is 2. The van der Waals surface area contributed by atoms with Crippen molar-refractivity contribution in [3.8, 4) is 10.6 Å². The Kier molecular flexibility index (Phi) is 2.78. The molecule has 0 aromatic carbocycles. The Hall–Kier alpha value is -1.26. The minimum Gasteiger partial charge on any atom is -0.478 e. The average molecular weight is 256 g/mol. The van der Waals surface area contributed by atoms with Crippen molar-refractivity contribution in [3.63, 3.8) is 0 Å². The van der Waals surface area contributed by atoms with Crippen LogP contribution in [0.25, 0.3) is 10.6 Å². The Labute approximate surface area is 102 Å². The summed E-state index contributed by atoms with van der Waals surface area (Å²) in [5, 5.41) is 9.02. The molecular formula is C11H10ClNO2S. The van der Waals surface area contributed by atoms with E-state index in [1.54, 1.807) is 13.0 Å². The molecule has 2 rings (SSSR count). The number of carboxylic acid groups (broad SMARTS) is 1. The Morgan fingerprint density at radius 3 is 2.62 bits per heavy atom. The van der Waals surface area contributed by atoms with Gasteiger partial charge in [-0.05, 0) is 25.1 Å². The maximum absolute atomic E-state index is 11.0. The molecule has 0 aliphatic heterocycles. The molecule has 5 heteroatoms. The number of aromatic carboxylic acids is 1. The lowest BCUT2D eigenvalue weighted by Gasteiger charge is -2.01. The van der Waals surface area contributed by atoms with Gasteiger partial charge in [-0.3, -0.25) is 0 Å². The third kappa shape index (κ3) is 1.74. The summed E-state index contributed by atoms with van der Waals surface area (Å²) in [6, 6.07) is 5.39. The molecule has 1 N–H and O–H groups in total. The Morgan fingerprint density at radius 2 is 2.19 bits per heavy atom. The van der Waals surface area contributed by atoms with Gasteiger partial charge in [0.15, 0.2) is 0 Å². The fourth-order valence-corrected chi connectivity index (χ4v) is 2.70. The van der Waals surface area contributed by atoms with E-state index in [-0.39, 0.29) is 0 Å². The van der Waals surface area contributed by atoms with Crippen molar-refractivity contribution in [1.82, 2.24) is 4.57 Å². The molecule has 84 valence electrons. The maximum Gasteiger partial charge on any atom is 0.337 e. The number of thiophene rings is 1. The monoisotopic (exact) mass is 255 g/mol. The van der Waals surface area contributed by atoms with E-state index in [9.17, 15) is 4.79 Å². The van der Waals surface area contributed by atoms with Crippen LogP contribution in [-0.4, -0.2) is 15.6 Å². The summed E-state index contributed by atoms with van der Waals surface area (Å²) >= 11 is 7.31. The van der Waals surface area contributed by atoms with Crippen LogP contribution < -0.4 is 0 Å². The molecule has 0 spiro atoms. The number of nitrogens with zero attached hydrogens (tertiary/aromatic N) is 1. The van der Waals surface area contributed by atoms with E-state index in [1.807, 2.05) is 23.7 Å². The average Bonchev–Trinajstić information content (AvgIpc) is 2.74. The van der Waals surface area contributed by atoms with Crippen LogP contribution in [0.4, 0.5) is 0 Å². The molecule has 2 aromatic heterocycles. The van der Waals surface area contributed by atoms with Crippen molar-refractivity contribution in [3.05, 3.63) is 33.8 Å². The first-order valence-corrected chi connectivity index (χ1v) is 5.85. The molecule has 0 saturated heterocycles. The van der Waals surface area contributed by atoms with Crippen LogP contribution in [0.5, 0.6) is 0 Å². The van der Waals surface area contributed by atoms with Crippen LogP contribution >= 0.6 is 22.9 Å². The summed E-state index contributed by atoms with van der Waals surface area (Å²) in [7, 11) is 1.85. The zero-order chi connectivity index (χ0) is 11.9. The van der Waals surface area contributed by atoms with Crippen molar-refractivity contribution < 1.29 is 9.90 Å². The summed E-state index contributed by atoms with van der Waals surface area (Å²) in [5.41, 5.74) is 1.96. The molecule has 0 unspecified atom stereocenters. The van der Waals surface area contributed by atoms with Gasteiger partial charge in [0.25, 0.3) is 0 Å². The van der Waals surface area contributed by atoms with E-state index < -0.39 is 5.97 Å². The van der Waals surface area contributed by atoms with E-state index in [0.717, 1.165) is 16.3 Å². The fraction of sp³-hybridized carbons (Fsp3) is 0.182. The van der Waals surface area contributed by atoms with Gasteiger partial charge in [-0.1, -0.05) is 11.6 Å². The lowest BCUT2D eigenvalue weighted by Crippen LogP contribution is -1.99. The highest BCUT2D eigenvalue weighted by Gasteiger charge is 2.16. The first kappa shape index (κ1) is 11.2. The minimum absolute atomic E-state index is 0.335. The molecule has 2 heterocycles. The van der Waals surface area contributed by atoms with E-state index in [0.29, 0.717) is 9.90 Å². The fourth-order valence-electron chi connectivity index (χ4n) is 1.60. The Morgan fingerprint density at radius 1 is 1.50 bits per heavy atom. The van der Waals surface area contributed by atoms with Crippen LogP contribution in [0.3, 0.4) is 0 Å². The van der Waals surface area contributed by atoms with Crippen LogP contribution in [0.15, 0.2) is 18.2 Å². The molecule has 0 fully saturated rings. The molecule has 0 aliphatic rings. The number of hydrogen-bond acceptors (Lipinski definition) is 2. The number of aromatic nitrogens is 1. The molecule has 0 aliphatic carbocycles. The van der Waals surface area contributed by atoms with Gasteiger partial charge in [-0.2, -0.15) is 0 Å². The Bertz CT molecular complexity index is 556. The predicted molar refractivity (Wildman–Crippen MR) is 65.4 cm³/mol. The van der Waals surface area contributed by atoms with E-state index >= 15 is 0 Å². The van der Waals surface area contributed by atoms with E-state index in [1.165, 1.54) is 11.3 Å². The molecule has 0 saturated carbocycles. The highest BCUT2D eigenvalue weighted by molar-refractivity contribution is 7.19. The molecule has 3 nitrogen and oxygen atoms in total. The summed E-state index contributed by atoms with van der Waals surface area (Å²) in [6.07, 6.45) is 0. The molecule has 0 bridgehead atoms. The van der Waals surface area contributed by atoms with Gasteiger partial charge < -0.3 is 9.67 Å². The normalized spacial score (nSPS) is 10.7. The van der Waals surface area contributed by atoms with E-state index in [4.69, 9.17) is 16.7 Å². The zero-order valence-corrected chi connectivity index (χ0v) is 10.4. The topological polar surface area (TPSA) is 42.2 Å². The maximum atomic E-state index is 11.0. The first-order valence-electron chi connectivity index (χ1n) is 4.66. The second-order valence-corrected chi connectivity index (χ2v) is 5.21. The second kappa shape index (κ2) is 3.96. The minimum atomic E-state index is -0.901. The standard InChI is InChI=1S/C11H10ClNO2S/c1-6-7(11(14)15)5-8(13(6)2)9-3-4-10(12)16-9/h3-5H,1-2H3,(H,14,15). The van der Waals surface area contributed by atoms with Crippen LogP contribution in [0.1, 0.15) is 16.1 Å². The summed E-state index contributed by atoms with van der Waals surface area (Å²) in [4.78, 5) is 12.0. The van der Waals surface area contributed by atoms with Gasteiger partial charge in [0.2, 0.25) is 0 Å². The smallest absolute Gasteiger partial charge is 0.337 e. The van der Waals surface area contributed by atoms with Crippen molar-refractivity contribution >= 4 is 28.9 Å². The summed E-state index contributed by atoms with van der Waals surface area (Å²) in [6.45, 7) is 1.79. The van der Waals surface area contributed by atoms with Gasteiger partial charge in [0.05, 0.1) is 20.5 Å². The number of carbonyl (C=O) groups is 1. The van der Waals surface area contributed by atoms with Crippen molar-refractivity contribution in [1.29, 1.82) is 0 Å². The molecule has 2 aromatic rings. The van der Waals surface area contributed by atoms with E-state index in [2.05, 4.69) is 0 Å². The van der Waals surface area contributed by atoms with Crippen LogP contribution in [-0.2, 0) is 7.05 Å². The largest absolute Gasteiger partial charge is 0.478 e.